The van der Waals surface area contributed by atoms with Gasteiger partial charge in [0.25, 0.3) is 0 Å². The van der Waals surface area contributed by atoms with Crippen LogP contribution in [0, 0.1) is 17.1 Å². The molecule has 1 unspecified atom stereocenters. The van der Waals surface area contributed by atoms with Crippen LogP contribution in [0.25, 0.3) is 0 Å². The van der Waals surface area contributed by atoms with E-state index >= 15 is 0 Å². The van der Waals surface area contributed by atoms with E-state index in [1.54, 1.807) is 12.1 Å². The number of nitriles is 1. The van der Waals surface area contributed by atoms with Gasteiger partial charge in [0.2, 0.25) is 0 Å². The molecular formula is C14H19FN2. The van der Waals surface area contributed by atoms with E-state index < -0.39 is 0 Å². The molecule has 1 aromatic rings. The van der Waals surface area contributed by atoms with Crippen LogP contribution in [0.3, 0.4) is 0 Å². The molecule has 0 radical (unpaired) electrons. The van der Waals surface area contributed by atoms with E-state index in [1.165, 1.54) is 6.07 Å². The van der Waals surface area contributed by atoms with Crippen LogP contribution < -0.4 is 5.32 Å². The molecule has 0 saturated heterocycles. The zero-order valence-electron chi connectivity index (χ0n) is 10.5. The lowest BCUT2D eigenvalue weighted by Crippen LogP contribution is -2.28. The molecule has 0 aliphatic heterocycles. The van der Waals surface area contributed by atoms with Crippen LogP contribution in [0.4, 0.5) is 4.39 Å². The summed E-state index contributed by atoms with van der Waals surface area (Å²) in [4.78, 5) is 0. The van der Waals surface area contributed by atoms with E-state index in [0.29, 0.717) is 23.7 Å². The Morgan fingerprint density at radius 3 is 2.71 bits per heavy atom. The molecule has 2 nitrogen and oxygen atoms in total. The standard InChI is InChI=1S/C14H19FN2/c1-3-5-13(4-2)17-10-12-7-6-11(9-16)8-14(12)15/h6-8,13,17H,3-5,10H2,1-2H3. The molecule has 0 heterocycles. The lowest BCUT2D eigenvalue weighted by molar-refractivity contribution is 0.455. The largest absolute Gasteiger partial charge is 0.310 e. The molecule has 1 rings (SSSR count). The number of halogens is 1. The molecule has 0 aliphatic carbocycles. The third kappa shape index (κ3) is 4.16. The van der Waals surface area contributed by atoms with E-state index in [-0.39, 0.29) is 5.82 Å². The van der Waals surface area contributed by atoms with Crippen molar-refractivity contribution in [3.8, 4) is 6.07 Å². The molecule has 1 atom stereocenters. The Morgan fingerprint density at radius 2 is 2.18 bits per heavy atom. The fraction of sp³-hybridized carbons (Fsp3) is 0.500. The van der Waals surface area contributed by atoms with Gasteiger partial charge in [-0.2, -0.15) is 5.26 Å². The lowest BCUT2D eigenvalue weighted by atomic mass is 10.1. The van der Waals surface area contributed by atoms with Crippen LogP contribution in [-0.4, -0.2) is 6.04 Å². The van der Waals surface area contributed by atoms with Gasteiger partial charge in [0.05, 0.1) is 11.6 Å². The zero-order valence-corrected chi connectivity index (χ0v) is 10.5. The number of hydrogen-bond acceptors (Lipinski definition) is 2. The third-order valence-electron chi connectivity index (χ3n) is 2.89. The van der Waals surface area contributed by atoms with E-state index in [0.717, 1.165) is 19.3 Å². The molecule has 0 fully saturated rings. The van der Waals surface area contributed by atoms with Gasteiger partial charge in [0, 0.05) is 18.2 Å². The Kier molecular flexibility index (Phi) is 5.65. The first-order valence-corrected chi connectivity index (χ1v) is 6.13. The molecule has 17 heavy (non-hydrogen) atoms. The van der Waals surface area contributed by atoms with Gasteiger partial charge in [-0.15, -0.1) is 0 Å². The average Bonchev–Trinajstić information content (AvgIpc) is 2.35. The second-order valence-electron chi connectivity index (χ2n) is 4.19. The SMILES string of the molecule is CCCC(CC)NCc1ccc(C#N)cc1F. The predicted molar refractivity (Wildman–Crippen MR) is 66.9 cm³/mol. The summed E-state index contributed by atoms with van der Waals surface area (Å²) in [6.07, 6.45) is 3.28. The van der Waals surface area contributed by atoms with Crippen LogP contribution >= 0.6 is 0 Å². The molecule has 3 heteroatoms. The summed E-state index contributed by atoms with van der Waals surface area (Å²) >= 11 is 0. The fourth-order valence-electron chi connectivity index (χ4n) is 1.81. The second-order valence-corrected chi connectivity index (χ2v) is 4.19. The minimum atomic E-state index is -0.303. The van der Waals surface area contributed by atoms with Gasteiger partial charge in [0.15, 0.2) is 0 Å². The van der Waals surface area contributed by atoms with Crippen LogP contribution in [-0.2, 0) is 6.54 Å². The van der Waals surface area contributed by atoms with Crippen molar-refractivity contribution in [2.24, 2.45) is 0 Å². The minimum Gasteiger partial charge on any atom is -0.310 e. The molecule has 92 valence electrons. The van der Waals surface area contributed by atoms with Crippen molar-refractivity contribution < 1.29 is 4.39 Å². The normalized spacial score (nSPS) is 12.1. The average molecular weight is 234 g/mol. The summed E-state index contributed by atoms with van der Waals surface area (Å²) < 4.78 is 13.6. The quantitative estimate of drug-likeness (QED) is 0.819. The molecule has 1 N–H and O–H groups in total. The summed E-state index contributed by atoms with van der Waals surface area (Å²) in [6.45, 7) is 4.80. The van der Waals surface area contributed by atoms with Gasteiger partial charge in [-0.1, -0.05) is 26.3 Å². The topological polar surface area (TPSA) is 35.8 Å². The van der Waals surface area contributed by atoms with E-state index in [1.807, 2.05) is 6.07 Å². The highest BCUT2D eigenvalue weighted by atomic mass is 19.1. The zero-order chi connectivity index (χ0) is 12.7. The van der Waals surface area contributed by atoms with Crippen molar-refractivity contribution >= 4 is 0 Å². The van der Waals surface area contributed by atoms with Crippen molar-refractivity contribution in [1.82, 2.24) is 5.32 Å². The van der Waals surface area contributed by atoms with Gasteiger partial charge in [-0.05, 0) is 25.0 Å². The first-order valence-electron chi connectivity index (χ1n) is 6.13. The van der Waals surface area contributed by atoms with Crippen LogP contribution in [0.15, 0.2) is 18.2 Å². The van der Waals surface area contributed by atoms with E-state index in [4.69, 9.17) is 5.26 Å². The van der Waals surface area contributed by atoms with Crippen LogP contribution in [0.2, 0.25) is 0 Å². The smallest absolute Gasteiger partial charge is 0.129 e. The highest BCUT2D eigenvalue weighted by Gasteiger charge is 2.07. The Hall–Kier alpha value is -1.40. The van der Waals surface area contributed by atoms with Gasteiger partial charge in [0.1, 0.15) is 5.82 Å². The molecule has 0 aliphatic rings. The molecule has 0 saturated carbocycles. The molecule has 0 aromatic heterocycles. The maximum absolute atomic E-state index is 13.6. The van der Waals surface area contributed by atoms with Crippen molar-refractivity contribution in [1.29, 1.82) is 5.26 Å². The number of hydrogen-bond donors (Lipinski definition) is 1. The Morgan fingerprint density at radius 1 is 1.41 bits per heavy atom. The number of nitrogens with zero attached hydrogens (tertiary/aromatic N) is 1. The molecule has 0 amide bonds. The van der Waals surface area contributed by atoms with Crippen LogP contribution in [0.1, 0.15) is 44.2 Å². The minimum absolute atomic E-state index is 0.303. The Balaban J connectivity index is 2.60. The van der Waals surface area contributed by atoms with E-state index in [2.05, 4.69) is 19.2 Å². The summed E-state index contributed by atoms with van der Waals surface area (Å²) in [5.41, 5.74) is 0.991. The lowest BCUT2D eigenvalue weighted by Gasteiger charge is -2.16. The molecule has 1 aromatic carbocycles. The Labute approximate surface area is 102 Å². The third-order valence-corrected chi connectivity index (χ3v) is 2.89. The van der Waals surface area contributed by atoms with Gasteiger partial charge < -0.3 is 5.32 Å². The first kappa shape index (κ1) is 13.7. The molecule has 0 spiro atoms. The van der Waals surface area contributed by atoms with Crippen molar-refractivity contribution in [2.75, 3.05) is 0 Å². The van der Waals surface area contributed by atoms with Crippen molar-refractivity contribution in [3.05, 3.63) is 35.1 Å². The highest BCUT2D eigenvalue weighted by molar-refractivity contribution is 5.32. The fourth-order valence-corrected chi connectivity index (χ4v) is 1.81. The van der Waals surface area contributed by atoms with Crippen molar-refractivity contribution in [2.45, 2.75) is 45.7 Å². The Bertz CT molecular complexity index is 396. The molecule has 0 bridgehead atoms. The van der Waals surface area contributed by atoms with Crippen LogP contribution in [0.5, 0.6) is 0 Å². The van der Waals surface area contributed by atoms with E-state index in [9.17, 15) is 4.39 Å². The number of nitrogens with one attached hydrogen (secondary N) is 1. The first-order chi connectivity index (χ1) is 8.21. The predicted octanol–water partition coefficient (Wildman–Crippen LogP) is 3.37. The molecular weight excluding hydrogens is 215 g/mol. The number of rotatable bonds is 6. The summed E-state index contributed by atoms with van der Waals surface area (Å²) in [6, 6.07) is 6.99. The highest BCUT2D eigenvalue weighted by Crippen LogP contribution is 2.11. The summed E-state index contributed by atoms with van der Waals surface area (Å²) in [7, 11) is 0. The summed E-state index contributed by atoms with van der Waals surface area (Å²) in [5, 5.41) is 12.0. The summed E-state index contributed by atoms with van der Waals surface area (Å²) in [5.74, 6) is -0.303. The van der Waals surface area contributed by atoms with Gasteiger partial charge in [-0.3, -0.25) is 0 Å². The maximum Gasteiger partial charge on any atom is 0.129 e. The van der Waals surface area contributed by atoms with Gasteiger partial charge in [-0.25, -0.2) is 4.39 Å². The maximum atomic E-state index is 13.6. The second kappa shape index (κ2) is 7.03. The monoisotopic (exact) mass is 234 g/mol. The van der Waals surface area contributed by atoms with Crippen molar-refractivity contribution in [3.63, 3.8) is 0 Å². The van der Waals surface area contributed by atoms with Gasteiger partial charge >= 0.3 is 0 Å². The number of benzene rings is 1.